The van der Waals surface area contributed by atoms with E-state index in [1.807, 2.05) is 20.9 Å². The molecule has 1 aliphatic carbocycles. The maximum Gasteiger partial charge on any atom is 0.416 e. The summed E-state index contributed by atoms with van der Waals surface area (Å²) in [5, 5.41) is 8.58. The quantitative estimate of drug-likeness (QED) is 0.196. The maximum absolute atomic E-state index is 13.4. The van der Waals surface area contributed by atoms with Crippen molar-refractivity contribution in [2.24, 2.45) is 10.5 Å². The highest BCUT2D eigenvalue weighted by atomic mass is 79.9. The zero-order valence-electron chi connectivity index (χ0n) is 18.5. The van der Waals surface area contributed by atoms with Crippen molar-refractivity contribution in [2.45, 2.75) is 39.3 Å². The molecule has 7 nitrogen and oxygen atoms in total. The zero-order chi connectivity index (χ0) is 25.0. The molecular formula is C21H26BrClF3N5O2. The molecule has 182 valence electrons. The lowest BCUT2D eigenvalue weighted by Gasteiger charge is -2.29. The average Bonchev–Trinajstić information content (AvgIpc) is 3.08. The highest BCUT2D eigenvalue weighted by molar-refractivity contribution is 9.09. The summed E-state index contributed by atoms with van der Waals surface area (Å²) < 4.78 is 38.5. The van der Waals surface area contributed by atoms with Crippen molar-refractivity contribution in [3.05, 3.63) is 40.1 Å². The number of halogens is 5. The number of amides is 2. The van der Waals surface area contributed by atoms with Crippen LogP contribution in [0.15, 0.2) is 34.6 Å². The number of carbonyl (C=O) groups excluding carboxylic acids is 2. The van der Waals surface area contributed by atoms with Crippen LogP contribution in [0.3, 0.4) is 0 Å². The van der Waals surface area contributed by atoms with Crippen molar-refractivity contribution < 1.29 is 22.8 Å². The summed E-state index contributed by atoms with van der Waals surface area (Å²) in [6.45, 7) is 6.89. The van der Waals surface area contributed by atoms with Crippen LogP contribution in [0.1, 0.15) is 38.7 Å². The van der Waals surface area contributed by atoms with Gasteiger partial charge in [0.15, 0.2) is 0 Å². The molecule has 0 aromatic heterocycles. The van der Waals surface area contributed by atoms with Gasteiger partial charge in [-0.2, -0.15) is 18.3 Å². The first-order chi connectivity index (χ1) is 15.4. The van der Waals surface area contributed by atoms with Crippen LogP contribution in [-0.2, 0) is 15.8 Å². The minimum atomic E-state index is -4.56. The number of benzene rings is 1. The summed E-state index contributed by atoms with van der Waals surface area (Å²) in [5.74, 6) is -1.15. The minimum absolute atomic E-state index is 0.00842. The fraction of sp³-hybridized carbons (Fsp3) is 0.476. The van der Waals surface area contributed by atoms with E-state index in [0.717, 1.165) is 35.3 Å². The first-order valence-electron chi connectivity index (χ1n) is 10.1. The second-order valence-corrected chi connectivity index (χ2v) is 8.85. The smallest absolute Gasteiger partial charge is 0.323 e. The van der Waals surface area contributed by atoms with Gasteiger partial charge in [0.25, 0.3) is 5.91 Å². The fourth-order valence-corrected chi connectivity index (χ4v) is 3.91. The van der Waals surface area contributed by atoms with Gasteiger partial charge >= 0.3 is 6.18 Å². The van der Waals surface area contributed by atoms with Crippen LogP contribution < -0.4 is 10.7 Å². The highest BCUT2D eigenvalue weighted by Gasteiger charge is 2.41. The first-order valence-corrected chi connectivity index (χ1v) is 11.6. The Kier molecular flexibility index (Phi) is 8.94. The van der Waals surface area contributed by atoms with Crippen molar-refractivity contribution in [2.75, 3.05) is 24.4 Å². The van der Waals surface area contributed by atoms with E-state index >= 15 is 0 Å². The summed E-state index contributed by atoms with van der Waals surface area (Å²) >= 11 is 9.24. The first kappa shape index (κ1) is 27.1. The number of hydrogen-bond donors (Lipinski definition) is 2. The van der Waals surface area contributed by atoms with Crippen LogP contribution in [0.2, 0.25) is 5.02 Å². The van der Waals surface area contributed by atoms with E-state index in [0.29, 0.717) is 23.9 Å². The Morgan fingerprint density at radius 1 is 1.36 bits per heavy atom. The van der Waals surface area contributed by atoms with Crippen molar-refractivity contribution in [3.63, 3.8) is 0 Å². The van der Waals surface area contributed by atoms with Crippen LogP contribution >= 0.6 is 27.5 Å². The molecule has 0 bridgehead atoms. The van der Waals surface area contributed by atoms with Gasteiger partial charge in [-0.05, 0) is 42.9 Å². The Hall–Kier alpha value is -2.11. The van der Waals surface area contributed by atoms with Crippen molar-refractivity contribution in [1.82, 2.24) is 15.4 Å². The normalized spacial score (nSPS) is 18.5. The number of carbonyl (C=O) groups is 2. The number of anilines is 1. The molecular weight excluding hydrogens is 527 g/mol. The second kappa shape index (κ2) is 10.9. The Bertz CT molecular complexity index is 956. The number of rotatable bonds is 9. The SMILES string of the molecule is C=NN(CC(=O)Nc1ccc(C(F)(F)F)cc1Cl)C(=O)C1=C(NN(C)CBr)CCC1(C)CC. The van der Waals surface area contributed by atoms with Gasteiger partial charge < -0.3 is 10.7 Å². The molecule has 0 saturated carbocycles. The van der Waals surface area contributed by atoms with Gasteiger partial charge in [-0.1, -0.05) is 41.4 Å². The van der Waals surface area contributed by atoms with Gasteiger partial charge in [0.05, 0.1) is 21.7 Å². The van der Waals surface area contributed by atoms with E-state index in [9.17, 15) is 22.8 Å². The number of hydrogen-bond acceptors (Lipinski definition) is 5. The largest absolute Gasteiger partial charge is 0.416 e. The molecule has 0 spiro atoms. The third kappa shape index (κ3) is 6.48. The second-order valence-electron chi connectivity index (χ2n) is 7.94. The van der Waals surface area contributed by atoms with E-state index in [1.54, 1.807) is 5.01 Å². The summed E-state index contributed by atoms with van der Waals surface area (Å²) in [4.78, 5) is 25.9. The molecule has 2 rings (SSSR count). The molecule has 12 heteroatoms. The number of hydrazine groups is 1. The standard InChI is InChI=1S/C21H26BrClF3N5O2/c1-5-20(2)9-8-16(29-30(4)12-22)18(20)19(33)31(27-3)11-17(32)28-15-7-6-13(10-14(15)23)21(24,25)26/h6-7,10,29H,3,5,8-9,11-12H2,1-2,4H3,(H,28,32). The number of alkyl halides is 4. The Balaban J connectivity index is 2.22. The summed E-state index contributed by atoms with van der Waals surface area (Å²) in [7, 11) is 1.82. The van der Waals surface area contributed by atoms with E-state index in [4.69, 9.17) is 11.6 Å². The molecule has 0 fully saturated rings. The topological polar surface area (TPSA) is 77.0 Å². The lowest BCUT2D eigenvalue weighted by molar-refractivity contribution is -0.137. The molecule has 1 aromatic carbocycles. The molecule has 1 aliphatic rings. The number of nitrogens with zero attached hydrogens (tertiary/aromatic N) is 3. The fourth-order valence-electron chi connectivity index (χ4n) is 3.56. The van der Waals surface area contributed by atoms with Gasteiger partial charge in [-0.15, -0.1) is 0 Å². The summed E-state index contributed by atoms with van der Waals surface area (Å²) in [5.41, 5.74) is 3.62. The predicted octanol–water partition coefficient (Wildman–Crippen LogP) is 4.99. The number of allylic oxidation sites excluding steroid dienone is 1. The molecule has 1 aromatic rings. The Morgan fingerprint density at radius 2 is 2.03 bits per heavy atom. The number of nitrogens with one attached hydrogen (secondary N) is 2. The third-order valence-corrected chi connectivity index (χ3v) is 6.67. The van der Waals surface area contributed by atoms with Crippen LogP contribution in [0.5, 0.6) is 0 Å². The third-order valence-electron chi connectivity index (χ3n) is 5.60. The Morgan fingerprint density at radius 3 is 2.55 bits per heavy atom. The molecule has 0 saturated heterocycles. The minimum Gasteiger partial charge on any atom is -0.323 e. The van der Waals surface area contributed by atoms with Crippen LogP contribution in [0.4, 0.5) is 18.9 Å². The average molecular weight is 553 g/mol. The maximum atomic E-state index is 13.4. The van der Waals surface area contributed by atoms with E-state index in [-0.39, 0.29) is 10.7 Å². The van der Waals surface area contributed by atoms with Gasteiger partial charge in [0.2, 0.25) is 5.91 Å². The molecule has 2 N–H and O–H groups in total. The summed E-state index contributed by atoms with van der Waals surface area (Å²) in [6.07, 6.45) is -2.45. The molecule has 33 heavy (non-hydrogen) atoms. The highest BCUT2D eigenvalue weighted by Crippen LogP contribution is 2.45. The number of hydrazone groups is 1. The lowest BCUT2D eigenvalue weighted by atomic mass is 9.80. The van der Waals surface area contributed by atoms with Crippen LogP contribution in [0.25, 0.3) is 0 Å². The van der Waals surface area contributed by atoms with Crippen molar-refractivity contribution in [3.8, 4) is 0 Å². The van der Waals surface area contributed by atoms with Gasteiger partial charge in [0, 0.05) is 25.0 Å². The van der Waals surface area contributed by atoms with Crippen molar-refractivity contribution >= 4 is 51.8 Å². The predicted molar refractivity (Wildman–Crippen MR) is 126 cm³/mol. The van der Waals surface area contributed by atoms with Gasteiger partial charge in [-0.3, -0.25) is 9.59 Å². The van der Waals surface area contributed by atoms with E-state index in [2.05, 4.69) is 38.5 Å². The molecule has 2 amide bonds. The summed E-state index contributed by atoms with van der Waals surface area (Å²) in [6, 6.07) is 2.59. The van der Waals surface area contributed by atoms with E-state index in [1.165, 1.54) is 0 Å². The van der Waals surface area contributed by atoms with E-state index < -0.39 is 35.5 Å². The monoisotopic (exact) mass is 551 g/mol. The van der Waals surface area contributed by atoms with Crippen LogP contribution in [0, 0.1) is 5.41 Å². The molecule has 0 radical (unpaired) electrons. The molecule has 1 unspecified atom stereocenters. The van der Waals surface area contributed by atoms with Gasteiger partial charge in [-0.25, -0.2) is 10.0 Å². The zero-order valence-corrected chi connectivity index (χ0v) is 20.9. The van der Waals surface area contributed by atoms with Crippen molar-refractivity contribution in [1.29, 1.82) is 0 Å². The van der Waals surface area contributed by atoms with Gasteiger partial charge in [0.1, 0.15) is 6.54 Å². The molecule has 0 heterocycles. The molecule has 0 aliphatic heterocycles. The lowest BCUT2D eigenvalue weighted by Crippen LogP contribution is -2.40. The Labute approximate surface area is 204 Å². The molecule has 1 atom stereocenters. The van der Waals surface area contributed by atoms with Crippen LogP contribution in [-0.4, -0.2) is 47.6 Å².